The van der Waals surface area contributed by atoms with E-state index >= 15 is 0 Å². The Balaban J connectivity index is 0.00000312. The third-order valence-electron chi connectivity index (χ3n) is 4.82. The van der Waals surface area contributed by atoms with E-state index in [2.05, 4.69) is 52.5 Å². The lowest BCUT2D eigenvalue weighted by Crippen LogP contribution is -2.48. The molecule has 0 radical (unpaired) electrons. The molecule has 3 N–H and O–H groups in total. The summed E-state index contributed by atoms with van der Waals surface area (Å²) >= 11 is 0. The summed E-state index contributed by atoms with van der Waals surface area (Å²) in [6, 6.07) is 10.7. The number of carbonyl (C=O) groups excluding carboxylic acids is 1. The Hall–Kier alpha value is -1.14. The van der Waals surface area contributed by atoms with Gasteiger partial charge < -0.3 is 16.0 Å². The molecule has 2 atom stereocenters. The van der Waals surface area contributed by atoms with Crippen LogP contribution in [0.4, 0.5) is 0 Å². The van der Waals surface area contributed by atoms with Crippen molar-refractivity contribution in [1.82, 2.24) is 15.1 Å². The molecule has 25 heavy (non-hydrogen) atoms. The lowest BCUT2D eigenvalue weighted by atomic mass is 10.0. The number of nitrogens with two attached hydrogens (primary N) is 1. The molecule has 1 fully saturated rings. The molecule has 1 aliphatic heterocycles. The van der Waals surface area contributed by atoms with Crippen LogP contribution in [0, 0.1) is 5.92 Å². The van der Waals surface area contributed by atoms with Gasteiger partial charge in [0.05, 0.1) is 6.04 Å². The van der Waals surface area contributed by atoms with Crippen molar-refractivity contribution in [2.75, 3.05) is 39.8 Å². The van der Waals surface area contributed by atoms with Crippen LogP contribution >= 0.6 is 12.4 Å². The van der Waals surface area contributed by atoms with Gasteiger partial charge in [-0.2, -0.15) is 0 Å². The normalized spacial score (nSPS) is 20.1. The molecule has 1 aliphatic rings. The highest BCUT2D eigenvalue weighted by molar-refractivity contribution is 5.85. The summed E-state index contributed by atoms with van der Waals surface area (Å²) in [7, 11) is 2.18. The van der Waals surface area contributed by atoms with E-state index in [1.165, 1.54) is 5.56 Å². The highest BCUT2D eigenvalue weighted by Gasteiger charge is 2.26. The van der Waals surface area contributed by atoms with E-state index in [0.29, 0.717) is 12.6 Å². The number of likely N-dealkylation sites (N-methyl/N-ethyl adjacent to an activating group) is 1. The molecule has 0 aliphatic carbocycles. The number of hydrogen-bond acceptors (Lipinski definition) is 4. The second-order valence-electron chi connectivity index (χ2n) is 7.14. The fraction of sp³-hybridized carbons (Fsp3) is 0.632. The van der Waals surface area contributed by atoms with Crippen LogP contribution in [-0.4, -0.2) is 61.5 Å². The maximum Gasteiger partial charge on any atom is 0.237 e. The molecule has 2 rings (SSSR count). The standard InChI is InChI=1S/C19H32N4O.ClH/c1-15(2)18(20)19(24)21-10-7-11-23-13-12-22(3)14-17(23)16-8-5-4-6-9-16;/h4-6,8-9,15,17-18H,7,10-14,20H2,1-3H3,(H,21,24);1H/t17?,18-;/m0./s1. The van der Waals surface area contributed by atoms with E-state index in [-0.39, 0.29) is 24.2 Å². The fourth-order valence-corrected chi connectivity index (χ4v) is 3.13. The summed E-state index contributed by atoms with van der Waals surface area (Å²) in [6.45, 7) is 8.83. The number of halogens is 1. The predicted octanol–water partition coefficient (Wildman–Crippen LogP) is 1.89. The number of carbonyl (C=O) groups is 1. The van der Waals surface area contributed by atoms with Gasteiger partial charge in [-0.15, -0.1) is 12.4 Å². The van der Waals surface area contributed by atoms with E-state index in [9.17, 15) is 4.79 Å². The first-order chi connectivity index (χ1) is 11.5. The van der Waals surface area contributed by atoms with Crippen LogP contribution in [0.25, 0.3) is 0 Å². The SMILES string of the molecule is CC(C)[C@H](N)C(=O)NCCCN1CCN(C)CC1c1ccccc1.Cl. The second-order valence-corrected chi connectivity index (χ2v) is 7.14. The molecule has 1 aromatic rings. The molecule has 6 heteroatoms. The van der Waals surface area contributed by atoms with Crippen LogP contribution in [0.3, 0.4) is 0 Å². The Kier molecular flexibility index (Phi) is 9.43. The lowest BCUT2D eigenvalue weighted by molar-refractivity contribution is -0.123. The molecule has 5 nitrogen and oxygen atoms in total. The van der Waals surface area contributed by atoms with Gasteiger partial charge in [-0.1, -0.05) is 44.2 Å². The summed E-state index contributed by atoms with van der Waals surface area (Å²) in [4.78, 5) is 16.8. The van der Waals surface area contributed by atoms with E-state index in [0.717, 1.165) is 32.6 Å². The maximum absolute atomic E-state index is 11.9. The molecular formula is C19H33ClN4O. The van der Waals surface area contributed by atoms with Crippen molar-refractivity contribution in [3.8, 4) is 0 Å². The molecule has 0 saturated carbocycles. The number of rotatable bonds is 7. The molecule has 1 amide bonds. The van der Waals surface area contributed by atoms with Gasteiger partial charge in [0.15, 0.2) is 0 Å². The quantitative estimate of drug-likeness (QED) is 0.721. The molecule has 0 spiro atoms. The molecule has 1 aromatic carbocycles. The maximum atomic E-state index is 11.9. The zero-order valence-corrected chi connectivity index (χ0v) is 16.5. The van der Waals surface area contributed by atoms with Gasteiger partial charge in [0.1, 0.15) is 0 Å². The molecule has 1 saturated heterocycles. The number of amides is 1. The summed E-state index contributed by atoms with van der Waals surface area (Å²) in [5, 5.41) is 2.97. The lowest BCUT2D eigenvalue weighted by Gasteiger charge is -2.40. The Morgan fingerprint density at radius 1 is 1.28 bits per heavy atom. The zero-order valence-electron chi connectivity index (χ0n) is 15.6. The average molecular weight is 369 g/mol. The highest BCUT2D eigenvalue weighted by Crippen LogP contribution is 2.24. The van der Waals surface area contributed by atoms with E-state index in [4.69, 9.17) is 5.73 Å². The Labute approximate surface area is 158 Å². The van der Waals surface area contributed by atoms with Crippen molar-refractivity contribution in [3.05, 3.63) is 35.9 Å². The molecule has 1 heterocycles. The first-order valence-corrected chi connectivity index (χ1v) is 9.00. The van der Waals surface area contributed by atoms with Crippen molar-refractivity contribution in [3.63, 3.8) is 0 Å². The van der Waals surface area contributed by atoms with Gasteiger partial charge in [0, 0.05) is 38.8 Å². The minimum atomic E-state index is -0.411. The second kappa shape index (κ2) is 10.8. The summed E-state index contributed by atoms with van der Waals surface area (Å²) in [5.74, 6) is 0.132. The molecule has 0 aromatic heterocycles. The Morgan fingerprint density at radius 3 is 2.60 bits per heavy atom. The molecule has 142 valence electrons. The van der Waals surface area contributed by atoms with Gasteiger partial charge in [-0.05, 0) is 24.9 Å². The number of nitrogens with one attached hydrogen (secondary N) is 1. The average Bonchev–Trinajstić information content (AvgIpc) is 2.59. The van der Waals surface area contributed by atoms with Crippen LogP contribution < -0.4 is 11.1 Å². The van der Waals surface area contributed by atoms with Crippen molar-refractivity contribution in [1.29, 1.82) is 0 Å². The van der Waals surface area contributed by atoms with Crippen LogP contribution in [0.2, 0.25) is 0 Å². The van der Waals surface area contributed by atoms with Crippen molar-refractivity contribution < 1.29 is 4.79 Å². The Bertz CT molecular complexity index is 511. The van der Waals surface area contributed by atoms with Gasteiger partial charge in [-0.3, -0.25) is 9.69 Å². The van der Waals surface area contributed by atoms with Crippen LogP contribution in [0.5, 0.6) is 0 Å². The van der Waals surface area contributed by atoms with E-state index in [1.54, 1.807) is 0 Å². The smallest absolute Gasteiger partial charge is 0.237 e. The van der Waals surface area contributed by atoms with Crippen LogP contribution in [-0.2, 0) is 4.79 Å². The summed E-state index contributed by atoms with van der Waals surface area (Å²) < 4.78 is 0. The predicted molar refractivity (Wildman–Crippen MR) is 106 cm³/mol. The van der Waals surface area contributed by atoms with Gasteiger partial charge in [0.2, 0.25) is 5.91 Å². The molecule has 1 unspecified atom stereocenters. The summed E-state index contributed by atoms with van der Waals surface area (Å²) in [5.41, 5.74) is 7.24. The van der Waals surface area contributed by atoms with Gasteiger partial charge >= 0.3 is 0 Å². The minimum absolute atomic E-state index is 0. The first kappa shape index (κ1) is 21.9. The zero-order chi connectivity index (χ0) is 17.5. The first-order valence-electron chi connectivity index (χ1n) is 9.00. The third-order valence-corrected chi connectivity index (χ3v) is 4.82. The van der Waals surface area contributed by atoms with Crippen LogP contribution in [0.1, 0.15) is 31.9 Å². The largest absolute Gasteiger partial charge is 0.355 e. The van der Waals surface area contributed by atoms with Crippen molar-refractivity contribution in [2.24, 2.45) is 11.7 Å². The highest BCUT2D eigenvalue weighted by atomic mass is 35.5. The number of piperazine rings is 1. The van der Waals surface area contributed by atoms with Crippen molar-refractivity contribution >= 4 is 18.3 Å². The van der Waals surface area contributed by atoms with Crippen LogP contribution in [0.15, 0.2) is 30.3 Å². The Morgan fingerprint density at radius 2 is 1.96 bits per heavy atom. The summed E-state index contributed by atoms with van der Waals surface area (Å²) in [6.07, 6.45) is 0.948. The van der Waals surface area contributed by atoms with Gasteiger partial charge in [-0.25, -0.2) is 0 Å². The number of hydrogen-bond donors (Lipinski definition) is 2. The monoisotopic (exact) mass is 368 g/mol. The minimum Gasteiger partial charge on any atom is -0.355 e. The number of nitrogens with zero attached hydrogens (tertiary/aromatic N) is 2. The molecule has 0 bridgehead atoms. The van der Waals surface area contributed by atoms with Gasteiger partial charge in [0.25, 0.3) is 0 Å². The topological polar surface area (TPSA) is 61.6 Å². The molecular weight excluding hydrogens is 336 g/mol. The fourth-order valence-electron chi connectivity index (χ4n) is 3.13. The van der Waals surface area contributed by atoms with E-state index < -0.39 is 6.04 Å². The third kappa shape index (κ3) is 6.59. The number of benzene rings is 1. The van der Waals surface area contributed by atoms with Crippen molar-refractivity contribution in [2.45, 2.75) is 32.4 Å². The van der Waals surface area contributed by atoms with E-state index in [1.807, 2.05) is 13.8 Å².